The summed E-state index contributed by atoms with van der Waals surface area (Å²) in [6.07, 6.45) is 0. The SMILES string of the molecule is COC(=N)c1nc2c(Cl)c(Cl)cc(Cl)c2o1. The van der Waals surface area contributed by atoms with Crippen LogP contribution in [0.5, 0.6) is 0 Å². The highest BCUT2D eigenvalue weighted by molar-refractivity contribution is 6.47. The molecule has 0 amide bonds. The molecule has 0 bridgehead atoms. The first kappa shape index (κ1) is 11.5. The van der Waals surface area contributed by atoms with Crippen LogP contribution >= 0.6 is 34.8 Å². The van der Waals surface area contributed by atoms with Crippen LogP contribution < -0.4 is 0 Å². The third-order valence-electron chi connectivity index (χ3n) is 1.91. The monoisotopic (exact) mass is 278 g/mol. The van der Waals surface area contributed by atoms with E-state index < -0.39 is 0 Å². The van der Waals surface area contributed by atoms with E-state index >= 15 is 0 Å². The topological polar surface area (TPSA) is 59.1 Å². The van der Waals surface area contributed by atoms with Crippen molar-refractivity contribution < 1.29 is 9.15 Å². The molecular formula is C9H5Cl3N2O2. The standard InChI is InChI=1S/C9H5Cl3N2O2/c1-15-8(13)9-14-6-5(12)3(10)2-4(11)7(6)16-9/h2,13H,1H3. The molecule has 84 valence electrons. The molecular weight excluding hydrogens is 274 g/mol. The van der Waals surface area contributed by atoms with Crippen molar-refractivity contribution >= 4 is 51.8 Å². The van der Waals surface area contributed by atoms with E-state index in [4.69, 9.17) is 44.6 Å². The minimum Gasteiger partial charge on any atom is -0.478 e. The quantitative estimate of drug-likeness (QED) is 0.491. The molecule has 0 aliphatic carbocycles. The van der Waals surface area contributed by atoms with Crippen molar-refractivity contribution in [2.24, 2.45) is 0 Å². The third-order valence-corrected chi connectivity index (χ3v) is 2.97. The van der Waals surface area contributed by atoms with Crippen LogP contribution in [-0.2, 0) is 4.74 Å². The van der Waals surface area contributed by atoms with Crippen LogP contribution in [0.1, 0.15) is 5.89 Å². The van der Waals surface area contributed by atoms with Crippen LogP contribution in [0.2, 0.25) is 15.1 Å². The summed E-state index contributed by atoms with van der Waals surface area (Å²) in [5, 5.41) is 8.21. The number of ether oxygens (including phenoxy) is 1. The van der Waals surface area contributed by atoms with Crippen LogP contribution in [-0.4, -0.2) is 18.0 Å². The molecule has 0 saturated carbocycles. The van der Waals surface area contributed by atoms with Crippen LogP contribution in [0.25, 0.3) is 11.1 Å². The fraction of sp³-hybridized carbons (Fsp3) is 0.111. The first-order chi connectivity index (χ1) is 7.54. The minimum atomic E-state index is -0.209. The van der Waals surface area contributed by atoms with Gasteiger partial charge in [-0.15, -0.1) is 0 Å². The lowest BCUT2D eigenvalue weighted by Gasteiger charge is -1.96. The van der Waals surface area contributed by atoms with Crippen molar-refractivity contribution in [1.29, 1.82) is 5.41 Å². The lowest BCUT2D eigenvalue weighted by molar-refractivity contribution is 0.384. The van der Waals surface area contributed by atoms with Gasteiger partial charge in [0.15, 0.2) is 5.58 Å². The summed E-state index contributed by atoms with van der Waals surface area (Å²) >= 11 is 17.7. The third kappa shape index (κ3) is 1.73. The molecule has 1 aromatic heterocycles. The molecule has 1 N–H and O–H groups in total. The Balaban J connectivity index is 2.74. The van der Waals surface area contributed by atoms with E-state index in [-0.39, 0.29) is 32.4 Å². The predicted molar refractivity (Wildman–Crippen MR) is 62.9 cm³/mol. The molecule has 1 aromatic carbocycles. The molecule has 0 unspecified atom stereocenters. The largest absolute Gasteiger partial charge is 0.478 e. The Morgan fingerprint density at radius 2 is 2.06 bits per heavy atom. The van der Waals surface area contributed by atoms with Crippen molar-refractivity contribution in [3.05, 3.63) is 27.0 Å². The molecule has 0 atom stereocenters. The van der Waals surface area contributed by atoms with Gasteiger partial charge in [0.05, 0.1) is 22.2 Å². The normalized spacial score (nSPS) is 10.8. The van der Waals surface area contributed by atoms with Crippen LogP contribution in [0.15, 0.2) is 10.5 Å². The number of fused-ring (bicyclic) bond motifs is 1. The summed E-state index contributed by atoms with van der Waals surface area (Å²) in [6.45, 7) is 0. The molecule has 0 aliphatic heterocycles. The number of benzene rings is 1. The van der Waals surface area contributed by atoms with Gasteiger partial charge in [0.25, 0.3) is 11.8 Å². The Bertz CT molecular complexity index is 580. The Morgan fingerprint density at radius 1 is 1.38 bits per heavy atom. The first-order valence-corrected chi connectivity index (χ1v) is 5.25. The van der Waals surface area contributed by atoms with Gasteiger partial charge in [-0.05, 0) is 6.07 Å². The molecule has 1 heterocycles. The molecule has 2 aromatic rings. The van der Waals surface area contributed by atoms with Crippen molar-refractivity contribution in [3.8, 4) is 0 Å². The van der Waals surface area contributed by atoms with Crippen molar-refractivity contribution in [2.75, 3.05) is 7.11 Å². The molecule has 16 heavy (non-hydrogen) atoms. The highest BCUT2D eigenvalue weighted by atomic mass is 35.5. The second-order valence-corrected chi connectivity index (χ2v) is 4.08. The highest BCUT2D eigenvalue weighted by Gasteiger charge is 2.18. The summed E-state index contributed by atoms with van der Waals surface area (Å²) in [6, 6.07) is 1.46. The van der Waals surface area contributed by atoms with Gasteiger partial charge in [0.2, 0.25) is 0 Å². The summed E-state index contributed by atoms with van der Waals surface area (Å²) in [5.74, 6) is -0.206. The van der Waals surface area contributed by atoms with Gasteiger partial charge in [-0.25, -0.2) is 4.98 Å². The van der Waals surface area contributed by atoms with E-state index in [9.17, 15) is 0 Å². The molecule has 4 nitrogen and oxygen atoms in total. The number of nitrogens with one attached hydrogen (secondary N) is 1. The zero-order valence-electron chi connectivity index (χ0n) is 7.97. The van der Waals surface area contributed by atoms with Gasteiger partial charge in [0, 0.05) is 0 Å². The van der Waals surface area contributed by atoms with E-state index in [1.165, 1.54) is 13.2 Å². The number of nitrogens with zero attached hydrogens (tertiary/aromatic N) is 1. The summed E-state index contributed by atoms with van der Waals surface area (Å²) < 4.78 is 9.94. The molecule has 2 rings (SSSR count). The molecule has 0 spiro atoms. The van der Waals surface area contributed by atoms with E-state index in [2.05, 4.69) is 9.72 Å². The summed E-state index contributed by atoms with van der Waals surface area (Å²) in [7, 11) is 1.34. The number of methoxy groups -OCH3 is 1. The van der Waals surface area contributed by atoms with Crippen LogP contribution in [0.4, 0.5) is 0 Å². The highest BCUT2D eigenvalue weighted by Crippen LogP contribution is 2.35. The van der Waals surface area contributed by atoms with E-state index in [1.54, 1.807) is 0 Å². The Kier molecular flexibility index (Phi) is 2.97. The van der Waals surface area contributed by atoms with Gasteiger partial charge in [-0.3, -0.25) is 5.41 Å². The maximum absolute atomic E-state index is 7.41. The van der Waals surface area contributed by atoms with Gasteiger partial charge >= 0.3 is 0 Å². The van der Waals surface area contributed by atoms with Gasteiger partial charge in [0.1, 0.15) is 5.52 Å². The molecule has 0 saturated heterocycles. The lowest BCUT2D eigenvalue weighted by atomic mass is 10.3. The van der Waals surface area contributed by atoms with E-state index in [0.717, 1.165) is 0 Å². The predicted octanol–water partition coefficient (Wildman–Crippen LogP) is 3.76. The van der Waals surface area contributed by atoms with Crippen LogP contribution in [0, 0.1) is 5.41 Å². The second-order valence-electron chi connectivity index (χ2n) is 2.88. The number of rotatable bonds is 1. The molecule has 0 aliphatic rings. The average Bonchev–Trinajstić information content (AvgIpc) is 2.70. The lowest BCUT2D eigenvalue weighted by Crippen LogP contribution is -2.00. The summed E-state index contributed by atoms with van der Waals surface area (Å²) in [5.41, 5.74) is 0.601. The number of halogens is 3. The Labute approximate surface area is 106 Å². The Morgan fingerprint density at radius 3 is 2.69 bits per heavy atom. The molecule has 7 heteroatoms. The summed E-state index contributed by atoms with van der Waals surface area (Å²) in [4.78, 5) is 3.99. The number of oxazole rings is 1. The number of hydrogen-bond acceptors (Lipinski definition) is 4. The van der Waals surface area contributed by atoms with Gasteiger partial charge in [-0.2, -0.15) is 0 Å². The fourth-order valence-corrected chi connectivity index (χ4v) is 1.84. The van der Waals surface area contributed by atoms with Crippen molar-refractivity contribution in [2.45, 2.75) is 0 Å². The maximum atomic E-state index is 7.41. The fourth-order valence-electron chi connectivity index (χ4n) is 1.17. The second kappa shape index (κ2) is 4.13. The molecule has 0 fully saturated rings. The van der Waals surface area contributed by atoms with Crippen LogP contribution in [0.3, 0.4) is 0 Å². The van der Waals surface area contributed by atoms with Gasteiger partial charge in [-0.1, -0.05) is 34.8 Å². The van der Waals surface area contributed by atoms with Crippen molar-refractivity contribution in [1.82, 2.24) is 4.98 Å². The van der Waals surface area contributed by atoms with E-state index in [1.807, 2.05) is 0 Å². The van der Waals surface area contributed by atoms with E-state index in [0.29, 0.717) is 5.52 Å². The number of aromatic nitrogens is 1. The first-order valence-electron chi connectivity index (χ1n) is 4.11. The van der Waals surface area contributed by atoms with Gasteiger partial charge < -0.3 is 9.15 Å². The maximum Gasteiger partial charge on any atom is 0.283 e. The number of hydrogen-bond donors (Lipinski definition) is 1. The Hall–Kier alpha value is -0.970. The smallest absolute Gasteiger partial charge is 0.283 e. The zero-order chi connectivity index (χ0) is 11.9. The average molecular weight is 280 g/mol. The zero-order valence-corrected chi connectivity index (χ0v) is 10.2. The molecule has 0 radical (unpaired) electrons. The van der Waals surface area contributed by atoms with Crippen molar-refractivity contribution in [3.63, 3.8) is 0 Å². The minimum absolute atomic E-state index is 0.00330.